The van der Waals surface area contributed by atoms with Crippen LogP contribution in [-0.2, 0) is 24.2 Å². The van der Waals surface area contributed by atoms with Crippen LogP contribution in [0.4, 0.5) is 5.00 Å². The molecule has 0 radical (unpaired) electrons. The number of carbonyl (C=O) groups excluding carboxylic acids is 1. The van der Waals surface area contributed by atoms with Gasteiger partial charge in [0, 0.05) is 4.88 Å². The lowest BCUT2D eigenvalue weighted by molar-refractivity contribution is -0.117. The van der Waals surface area contributed by atoms with Crippen molar-refractivity contribution in [1.29, 1.82) is 5.26 Å². The van der Waals surface area contributed by atoms with E-state index in [0.29, 0.717) is 47.1 Å². The smallest absolute Gasteiger partial charge is 0.283 e. The summed E-state index contributed by atoms with van der Waals surface area (Å²) in [7, 11) is 0. The predicted molar refractivity (Wildman–Crippen MR) is 116 cm³/mol. The number of nitrogens with one attached hydrogen (secondary N) is 1. The fourth-order valence-electron chi connectivity index (χ4n) is 3.87. The minimum atomic E-state index is -0.151. The van der Waals surface area contributed by atoms with E-state index in [0.717, 1.165) is 31.2 Å². The second kappa shape index (κ2) is 9.45. The number of nitriles is 1. The molecule has 1 aliphatic rings. The van der Waals surface area contributed by atoms with E-state index in [-0.39, 0.29) is 12.5 Å². The van der Waals surface area contributed by atoms with E-state index in [1.165, 1.54) is 4.88 Å². The number of fused-ring (bicyclic) bond motifs is 1. The molecular weight excluding hydrogens is 414 g/mol. The number of thiophene rings is 1. The van der Waals surface area contributed by atoms with Crippen molar-refractivity contribution in [3.63, 3.8) is 0 Å². The van der Waals surface area contributed by atoms with Gasteiger partial charge in [0.2, 0.25) is 11.8 Å². The van der Waals surface area contributed by atoms with Crippen molar-refractivity contribution in [3.8, 4) is 17.7 Å². The van der Waals surface area contributed by atoms with Crippen LogP contribution in [0.25, 0.3) is 11.7 Å². The minimum absolute atomic E-state index is 0.151. The van der Waals surface area contributed by atoms with Gasteiger partial charge in [0.05, 0.1) is 24.9 Å². The van der Waals surface area contributed by atoms with Crippen LogP contribution in [-0.4, -0.2) is 34.1 Å². The van der Waals surface area contributed by atoms with Gasteiger partial charge in [-0.1, -0.05) is 13.8 Å². The van der Waals surface area contributed by atoms with E-state index in [4.69, 9.17) is 8.83 Å². The molecule has 0 saturated heterocycles. The van der Waals surface area contributed by atoms with Gasteiger partial charge in [-0.2, -0.15) is 5.26 Å². The molecule has 1 atom stereocenters. The summed E-state index contributed by atoms with van der Waals surface area (Å²) in [6, 6.07) is 5.81. The number of furan rings is 1. The van der Waals surface area contributed by atoms with Crippen LogP contribution in [0.15, 0.2) is 27.2 Å². The molecule has 3 aromatic rings. The second-order valence-corrected chi connectivity index (χ2v) is 9.01. The first-order valence-corrected chi connectivity index (χ1v) is 11.3. The van der Waals surface area contributed by atoms with E-state index in [9.17, 15) is 10.1 Å². The average molecular weight is 440 g/mol. The lowest BCUT2D eigenvalue weighted by atomic mass is 9.89. The Morgan fingerprint density at radius 1 is 1.45 bits per heavy atom. The van der Waals surface area contributed by atoms with Crippen molar-refractivity contribution in [1.82, 2.24) is 15.1 Å². The summed E-state index contributed by atoms with van der Waals surface area (Å²) in [6.45, 7) is 5.52. The van der Waals surface area contributed by atoms with Crippen LogP contribution < -0.4 is 5.32 Å². The van der Waals surface area contributed by atoms with Gasteiger partial charge in [0.25, 0.3) is 5.89 Å². The largest absolute Gasteiger partial charge is 0.459 e. The maximum atomic E-state index is 12.8. The van der Waals surface area contributed by atoms with Crippen LogP contribution in [0.2, 0.25) is 0 Å². The van der Waals surface area contributed by atoms with Crippen molar-refractivity contribution in [2.45, 2.75) is 46.1 Å². The number of carbonyl (C=O) groups is 1. The molecule has 0 aromatic carbocycles. The highest BCUT2D eigenvalue weighted by Gasteiger charge is 2.25. The van der Waals surface area contributed by atoms with E-state index in [2.05, 4.69) is 35.4 Å². The molecule has 162 valence electrons. The zero-order chi connectivity index (χ0) is 21.8. The summed E-state index contributed by atoms with van der Waals surface area (Å²) in [6.07, 6.45) is 5.39. The van der Waals surface area contributed by atoms with Gasteiger partial charge in [-0.3, -0.25) is 9.69 Å². The molecule has 0 fully saturated rings. The molecule has 9 heteroatoms. The highest BCUT2D eigenvalue weighted by atomic mass is 32.1. The van der Waals surface area contributed by atoms with Crippen LogP contribution in [0.1, 0.15) is 48.6 Å². The molecule has 31 heavy (non-hydrogen) atoms. The maximum Gasteiger partial charge on any atom is 0.283 e. The molecule has 1 amide bonds. The van der Waals surface area contributed by atoms with Gasteiger partial charge >= 0.3 is 0 Å². The lowest BCUT2D eigenvalue weighted by Crippen LogP contribution is -2.33. The summed E-state index contributed by atoms with van der Waals surface area (Å²) in [5.41, 5.74) is 1.74. The van der Waals surface area contributed by atoms with Gasteiger partial charge < -0.3 is 14.2 Å². The standard InChI is InChI=1S/C22H25N5O3S/c1-3-8-27(13-20-25-26-21(30-20)17-5-4-9-29-17)12-19(28)24-22-16(11-23)15-7-6-14(2)10-18(15)31-22/h4-5,9,14H,3,6-8,10,12-13H2,1-2H3,(H,24,28)/t14-/m0/s1. The van der Waals surface area contributed by atoms with Gasteiger partial charge in [-0.15, -0.1) is 21.5 Å². The number of anilines is 1. The predicted octanol–water partition coefficient (Wildman–Crippen LogP) is 4.24. The topological polar surface area (TPSA) is 108 Å². The van der Waals surface area contributed by atoms with Crippen molar-refractivity contribution in [2.24, 2.45) is 5.92 Å². The first-order chi connectivity index (χ1) is 15.1. The minimum Gasteiger partial charge on any atom is -0.459 e. The highest BCUT2D eigenvalue weighted by Crippen LogP contribution is 2.39. The molecule has 1 N–H and O–H groups in total. The zero-order valence-corrected chi connectivity index (χ0v) is 18.5. The van der Waals surface area contributed by atoms with Crippen molar-refractivity contribution >= 4 is 22.2 Å². The van der Waals surface area contributed by atoms with Crippen molar-refractivity contribution < 1.29 is 13.6 Å². The Kier molecular flexibility index (Phi) is 6.49. The van der Waals surface area contributed by atoms with Crippen LogP contribution in [0, 0.1) is 17.2 Å². The molecular formula is C22H25N5O3S. The third-order valence-electron chi connectivity index (χ3n) is 5.34. The Balaban J connectivity index is 1.42. The van der Waals surface area contributed by atoms with Crippen LogP contribution in [0.3, 0.4) is 0 Å². The van der Waals surface area contributed by atoms with E-state index in [1.54, 1.807) is 29.7 Å². The normalized spacial score (nSPS) is 15.6. The van der Waals surface area contributed by atoms with Crippen LogP contribution >= 0.6 is 11.3 Å². The first-order valence-electron chi connectivity index (χ1n) is 10.5. The van der Waals surface area contributed by atoms with E-state index >= 15 is 0 Å². The summed E-state index contributed by atoms with van der Waals surface area (Å²) >= 11 is 1.54. The van der Waals surface area contributed by atoms with Crippen molar-refractivity contribution in [3.05, 3.63) is 40.3 Å². The summed E-state index contributed by atoms with van der Waals surface area (Å²) in [5, 5.41) is 21.4. The Bertz CT molecular complexity index is 1080. The number of nitrogens with zero attached hydrogens (tertiary/aromatic N) is 4. The molecule has 4 rings (SSSR count). The van der Waals surface area contributed by atoms with E-state index < -0.39 is 0 Å². The Morgan fingerprint density at radius 2 is 2.32 bits per heavy atom. The Labute approximate surface area is 184 Å². The molecule has 0 bridgehead atoms. The molecule has 1 aliphatic carbocycles. The third kappa shape index (κ3) is 4.86. The fourth-order valence-corrected chi connectivity index (χ4v) is 5.24. The molecule has 0 spiro atoms. The van der Waals surface area contributed by atoms with Gasteiger partial charge in [0.1, 0.15) is 11.1 Å². The number of hydrogen-bond donors (Lipinski definition) is 1. The van der Waals surface area contributed by atoms with Gasteiger partial charge in [-0.05, 0) is 55.8 Å². The monoisotopic (exact) mass is 439 g/mol. The van der Waals surface area contributed by atoms with E-state index in [1.807, 2.05) is 4.90 Å². The summed E-state index contributed by atoms with van der Waals surface area (Å²) < 4.78 is 11.0. The SMILES string of the molecule is CCCN(CC(=O)Nc1sc2c(c1C#N)CC[C@H](C)C2)Cc1nnc(-c2ccco2)o1. The first kappa shape index (κ1) is 21.3. The lowest BCUT2D eigenvalue weighted by Gasteiger charge is -2.18. The maximum absolute atomic E-state index is 12.8. The number of amides is 1. The number of aromatic nitrogens is 2. The quantitative estimate of drug-likeness (QED) is 0.559. The molecule has 8 nitrogen and oxygen atoms in total. The van der Waals surface area contributed by atoms with Gasteiger partial charge in [0.15, 0.2) is 5.76 Å². The zero-order valence-electron chi connectivity index (χ0n) is 17.7. The molecule has 0 saturated carbocycles. The average Bonchev–Trinajstić information content (AvgIpc) is 3.47. The van der Waals surface area contributed by atoms with Gasteiger partial charge in [-0.25, -0.2) is 0 Å². The Morgan fingerprint density at radius 3 is 3.06 bits per heavy atom. The second-order valence-electron chi connectivity index (χ2n) is 7.90. The molecule has 3 heterocycles. The Hall–Kier alpha value is -2.96. The fraction of sp³-hybridized carbons (Fsp3) is 0.455. The number of rotatable bonds is 8. The van der Waals surface area contributed by atoms with Crippen LogP contribution in [0.5, 0.6) is 0 Å². The molecule has 0 unspecified atom stereocenters. The summed E-state index contributed by atoms with van der Waals surface area (Å²) in [5.74, 6) is 1.71. The number of hydrogen-bond acceptors (Lipinski definition) is 8. The van der Waals surface area contributed by atoms with Crippen molar-refractivity contribution in [2.75, 3.05) is 18.4 Å². The summed E-state index contributed by atoms with van der Waals surface area (Å²) in [4.78, 5) is 16.0. The molecule has 0 aliphatic heterocycles. The third-order valence-corrected chi connectivity index (χ3v) is 6.51. The molecule has 3 aromatic heterocycles. The highest BCUT2D eigenvalue weighted by molar-refractivity contribution is 7.16.